The lowest BCUT2D eigenvalue weighted by Crippen LogP contribution is -2.28. The number of carbonyl (C=O) groups is 4. The molecular formula is C31H36O12. The number of rotatable bonds is 8. The van der Waals surface area contributed by atoms with Crippen molar-refractivity contribution in [1.82, 2.24) is 0 Å². The lowest BCUT2D eigenvalue weighted by atomic mass is 9.76. The molecule has 0 amide bonds. The third-order valence-electron chi connectivity index (χ3n) is 7.80. The van der Waals surface area contributed by atoms with Gasteiger partial charge in [0.2, 0.25) is 0 Å². The number of hydrogen-bond acceptors (Lipinski definition) is 12. The molecule has 2 aromatic rings. The zero-order chi connectivity index (χ0) is 30.6. The van der Waals surface area contributed by atoms with Gasteiger partial charge in [-0.3, -0.25) is 0 Å². The Hall–Kier alpha value is -4.48. The average molecular weight is 601 g/mol. The van der Waals surface area contributed by atoms with E-state index in [1.807, 2.05) is 0 Å². The van der Waals surface area contributed by atoms with Crippen LogP contribution in [0.2, 0.25) is 0 Å². The zero-order valence-electron chi connectivity index (χ0n) is 24.2. The van der Waals surface area contributed by atoms with E-state index >= 15 is 0 Å². The van der Waals surface area contributed by atoms with E-state index in [-0.39, 0.29) is 23.3 Å². The van der Waals surface area contributed by atoms with E-state index in [1.54, 1.807) is 24.3 Å². The molecule has 0 aliphatic heterocycles. The van der Waals surface area contributed by atoms with Crippen LogP contribution in [0.5, 0.6) is 11.5 Å². The molecule has 0 bridgehead atoms. The second-order valence-electron chi connectivity index (χ2n) is 10.6. The van der Waals surface area contributed by atoms with Crippen molar-refractivity contribution >= 4 is 24.2 Å². The summed E-state index contributed by atoms with van der Waals surface area (Å²) in [6.07, 6.45) is 4.81. The standard InChI is InChI=1S/C31H36O12/c1-36-24-15-7-22(8-16-24)28(32)40-42-30(34)38-26-11-3-20(4-12-26)19-21-5-13-27(14-6-21)39-31(35)43-41-29(33)23-9-17-25(37-2)18-10-23/h7-10,15-18,20-21,26-27H,3-6,11-14,19H2,1-2H3. The van der Waals surface area contributed by atoms with Gasteiger partial charge in [-0.1, -0.05) is 0 Å². The maximum atomic E-state index is 12.0. The van der Waals surface area contributed by atoms with Crippen LogP contribution in [-0.2, 0) is 29.0 Å². The summed E-state index contributed by atoms with van der Waals surface area (Å²) >= 11 is 0. The quantitative estimate of drug-likeness (QED) is 0.189. The van der Waals surface area contributed by atoms with E-state index in [4.69, 9.17) is 18.9 Å². The Morgan fingerprint density at radius 3 is 1.21 bits per heavy atom. The van der Waals surface area contributed by atoms with Crippen LogP contribution < -0.4 is 9.47 Å². The minimum absolute atomic E-state index is 0.209. The Bertz CT molecular complexity index is 1110. The molecular weight excluding hydrogens is 564 g/mol. The highest BCUT2D eigenvalue weighted by atomic mass is 17.2. The first-order chi connectivity index (χ1) is 20.8. The van der Waals surface area contributed by atoms with Gasteiger partial charge >= 0.3 is 24.2 Å². The second-order valence-corrected chi connectivity index (χ2v) is 10.6. The highest BCUT2D eigenvalue weighted by Gasteiger charge is 2.30. The van der Waals surface area contributed by atoms with Gasteiger partial charge in [0.15, 0.2) is 0 Å². The molecule has 0 unspecified atom stereocenters. The van der Waals surface area contributed by atoms with Crippen molar-refractivity contribution in [3.63, 3.8) is 0 Å². The van der Waals surface area contributed by atoms with Gasteiger partial charge in [-0.25, -0.2) is 29.1 Å². The number of ether oxygens (including phenoxy) is 4. The molecule has 0 N–H and O–H groups in total. The Kier molecular flexibility index (Phi) is 11.5. The average Bonchev–Trinajstić information content (AvgIpc) is 3.04. The monoisotopic (exact) mass is 600 g/mol. The summed E-state index contributed by atoms with van der Waals surface area (Å²) in [5.74, 6) is 0.558. The molecule has 2 saturated carbocycles. The van der Waals surface area contributed by atoms with Crippen LogP contribution in [0.15, 0.2) is 48.5 Å². The van der Waals surface area contributed by atoms with Gasteiger partial charge < -0.3 is 18.9 Å². The van der Waals surface area contributed by atoms with E-state index in [1.165, 1.54) is 38.5 Å². The highest BCUT2D eigenvalue weighted by Crippen LogP contribution is 2.37. The minimum atomic E-state index is -1.04. The van der Waals surface area contributed by atoms with Crippen LogP contribution in [0.4, 0.5) is 9.59 Å². The maximum Gasteiger partial charge on any atom is 0.550 e. The number of hydrogen-bond donors (Lipinski definition) is 0. The lowest BCUT2D eigenvalue weighted by molar-refractivity contribution is -0.208. The predicted molar refractivity (Wildman–Crippen MR) is 148 cm³/mol. The molecule has 0 radical (unpaired) electrons. The van der Waals surface area contributed by atoms with E-state index in [2.05, 4.69) is 19.6 Å². The summed E-state index contributed by atoms with van der Waals surface area (Å²) in [5, 5.41) is 0. The summed E-state index contributed by atoms with van der Waals surface area (Å²) < 4.78 is 20.7. The summed E-state index contributed by atoms with van der Waals surface area (Å²) in [6, 6.07) is 12.4. The fourth-order valence-electron chi connectivity index (χ4n) is 5.45. The molecule has 2 fully saturated rings. The van der Waals surface area contributed by atoms with Crippen molar-refractivity contribution < 1.29 is 57.7 Å². The molecule has 0 spiro atoms. The van der Waals surface area contributed by atoms with Crippen LogP contribution in [-0.4, -0.2) is 50.7 Å². The normalized spacial score (nSPS) is 21.4. The topological polar surface area (TPSA) is 142 Å². The first kappa shape index (κ1) is 31.5. The molecule has 12 heteroatoms. The largest absolute Gasteiger partial charge is 0.550 e. The van der Waals surface area contributed by atoms with Gasteiger partial charge in [-0.2, -0.15) is 9.59 Å². The smallest absolute Gasteiger partial charge is 0.497 e. The van der Waals surface area contributed by atoms with Gasteiger partial charge in [0.05, 0.1) is 25.3 Å². The van der Waals surface area contributed by atoms with Crippen molar-refractivity contribution in [1.29, 1.82) is 0 Å². The Morgan fingerprint density at radius 2 is 0.884 bits per heavy atom. The van der Waals surface area contributed by atoms with Crippen molar-refractivity contribution in [2.45, 2.75) is 70.0 Å². The Balaban J connectivity index is 1.06. The van der Waals surface area contributed by atoms with Crippen molar-refractivity contribution in [2.24, 2.45) is 11.8 Å². The van der Waals surface area contributed by atoms with Crippen LogP contribution in [0.25, 0.3) is 0 Å². The summed E-state index contributed by atoms with van der Waals surface area (Å²) in [6.45, 7) is 0. The predicted octanol–water partition coefficient (Wildman–Crippen LogP) is 6.36. The number of benzene rings is 2. The fraction of sp³-hybridized carbons (Fsp3) is 0.484. The van der Waals surface area contributed by atoms with Crippen molar-refractivity contribution in [3.05, 3.63) is 59.7 Å². The first-order valence-corrected chi connectivity index (χ1v) is 14.3. The van der Waals surface area contributed by atoms with Gasteiger partial charge in [0.1, 0.15) is 23.7 Å². The summed E-state index contributed by atoms with van der Waals surface area (Å²) in [5.41, 5.74) is 0.418. The van der Waals surface area contributed by atoms with Gasteiger partial charge in [-0.15, -0.1) is 0 Å². The summed E-state index contributed by atoms with van der Waals surface area (Å²) in [4.78, 5) is 66.3. The van der Waals surface area contributed by atoms with Gasteiger partial charge in [0.25, 0.3) is 0 Å². The van der Waals surface area contributed by atoms with Crippen LogP contribution in [0.1, 0.15) is 78.5 Å². The third-order valence-corrected chi connectivity index (χ3v) is 7.80. The lowest BCUT2D eigenvalue weighted by Gasteiger charge is -2.33. The molecule has 0 saturated heterocycles. The first-order valence-electron chi connectivity index (χ1n) is 14.3. The van der Waals surface area contributed by atoms with Crippen molar-refractivity contribution in [3.8, 4) is 11.5 Å². The minimum Gasteiger partial charge on any atom is -0.497 e. The number of methoxy groups -OCH3 is 2. The van der Waals surface area contributed by atoms with Gasteiger partial charge in [-0.05, 0) is 118 Å². The molecule has 4 rings (SSSR count). The number of carbonyl (C=O) groups excluding carboxylic acids is 4. The molecule has 0 heterocycles. The van der Waals surface area contributed by atoms with E-state index in [0.29, 0.717) is 49.0 Å². The summed E-state index contributed by atoms with van der Waals surface area (Å²) in [7, 11) is 3.03. The maximum absolute atomic E-state index is 12.0. The molecule has 0 atom stereocenters. The Labute approximate surface area is 249 Å². The Morgan fingerprint density at radius 1 is 0.535 bits per heavy atom. The molecule has 232 valence electrons. The molecule has 2 aliphatic carbocycles. The molecule has 2 aromatic carbocycles. The molecule has 2 aliphatic rings. The van der Waals surface area contributed by atoms with Gasteiger partial charge in [0, 0.05) is 0 Å². The van der Waals surface area contributed by atoms with E-state index in [9.17, 15) is 19.2 Å². The highest BCUT2D eigenvalue weighted by molar-refractivity contribution is 5.90. The fourth-order valence-corrected chi connectivity index (χ4v) is 5.45. The van der Waals surface area contributed by atoms with Crippen LogP contribution in [0, 0.1) is 11.8 Å². The second kappa shape index (κ2) is 15.7. The molecule has 12 nitrogen and oxygen atoms in total. The van der Waals surface area contributed by atoms with Crippen molar-refractivity contribution in [2.75, 3.05) is 14.2 Å². The third kappa shape index (κ3) is 9.79. The molecule has 0 aromatic heterocycles. The van der Waals surface area contributed by atoms with E-state index < -0.39 is 24.2 Å². The zero-order valence-corrected chi connectivity index (χ0v) is 24.2. The SMILES string of the molecule is COc1ccc(C(=O)OOC(=O)OC2CCC(CC3CCC(OC(=O)OOC(=O)c4ccc(OC)cc4)CC3)CC2)cc1. The molecule has 43 heavy (non-hydrogen) atoms. The van der Waals surface area contributed by atoms with Crippen LogP contribution >= 0.6 is 0 Å². The van der Waals surface area contributed by atoms with E-state index in [0.717, 1.165) is 32.1 Å². The van der Waals surface area contributed by atoms with Crippen LogP contribution in [0.3, 0.4) is 0 Å².